The maximum atomic E-state index is 3.52. The van der Waals surface area contributed by atoms with Crippen LogP contribution >= 0.6 is 11.3 Å². The van der Waals surface area contributed by atoms with Crippen LogP contribution < -0.4 is 5.32 Å². The van der Waals surface area contributed by atoms with Crippen molar-refractivity contribution in [2.45, 2.75) is 32.2 Å². The van der Waals surface area contributed by atoms with Gasteiger partial charge in [-0.1, -0.05) is 0 Å². The van der Waals surface area contributed by atoms with Crippen LogP contribution in [0, 0.1) is 6.92 Å². The highest BCUT2D eigenvalue weighted by molar-refractivity contribution is 7.11. The summed E-state index contributed by atoms with van der Waals surface area (Å²) in [7, 11) is 0. The molecule has 0 spiro atoms. The van der Waals surface area contributed by atoms with Gasteiger partial charge in [-0.05, 0) is 38.3 Å². The molecule has 0 bridgehead atoms. The van der Waals surface area contributed by atoms with Crippen molar-refractivity contribution in [3.8, 4) is 0 Å². The normalized spacial score (nSPS) is 16.8. The average Bonchev–Trinajstić information content (AvgIpc) is 2.76. The van der Waals surface area contributed by atoms with Crippen LogP contribution in [0.2, 0.25) is 0 Å². The van der Waals surface area contributed by atoms with E-state index in [1.807, 2.05) is 11.3 Å². The molecule has 66 valence electrons. The predicted molar refractivity (Wildman–Crippen MR) is 53.8 cm³/mol. The molecule has 1 aromatic heterocycles. The monoisotopic (exact) mass is 181 g/mol. The lowest BCUT2D eigenvalue weighted by Gasteiger charge is -1.99. The van der Waals surface area contributed by atoms with Gasteiger partial charge in [-0.15, -0.1) is 11.3 Å². The van der Waals surface area contributed by atoms with E-state index in [0.29, 0.717) is 0 Å². The van der Waals surface area contributed by atoms with Crippen molar-refractivity contribution in [1.82, 2.24) is 5.32 Å². The van der Waals surface area contributed by atoms with E-state index in [-0.39, 0.29) is 0 Å². The van der Waals surface area contributed by atoms with E-state index in [0.717, 1.165) is 12.6 Å². The Hall–Kier alpha value is -0.340. The Bertz CT molecular complexity index is 250. The van der Waals surface area contributed by atoms with Gasteiger partial charge in [-0.25, -0.2) is 0 Å². The van der Waals surface area contributed by atoms with Gasteiger partial charge in [-0.3, -0.25) is 0 Å². The smallest absolute Gasteiger partial charge is 0.00683 e. The van der Waals surface area contributed by atoms with E-state index in [1.165, 1.54) is 29.0 Å². The summed E-state index contributed by atoms with van der Waals surface area (Å²) in [5, 5.41) is 3.52. The Labute approximate surface area is 77.8 Å². The molecule has 1 saturated carbocycles. The van der Waals surface area contributed by atoms with Gasteiger partial charge >= 0.3 is 0 Å². The average molecular weight is 181 g/mol. The molecule has 12 heavy (non-hydrogen) atoms. The van der Waals surface area contributed by atoms with E-state index in [4.69, 9.17) is 0 Å². The first-order valence-corrected chi connectivity index (χ1v) is 5.45. The molecule has 0 aliphatic heterocycles. The van der Waals surface area contributed by atoms with E-state index in [9.17, 15) is 0 Å². The Morgan fingerprint density at radius 1 is 1.50 bits per heavy atom. The molecule has 0 atom stereocenters. The zero-order valence-corrected chi connectivity index (χ0v) is 8.29. The molecule has 1 aromatic rings. The Kier molecular flexibility index (Phi) is 2.47. The van der Waals surface area contributed by atoms with Gasteiger partial charge in [0.05, 0.1) is 0 Å². The lowest BCUT2D eigenvalue weighted by molar-refractivity contribution is 0.685. The number of hydrogen-bond donors (Lipinski definition) is 1. The fraction of sp³-hybridized carbons (Fsp3) is 0.600. The first-order chi connectivity index (χ1) is 5.84. The third-order valence-electron chi connectivity index (χ3n) is 2.18. The summed E-state index contributed by atoms with van der Waals surface area (Å²) < 4.78 is 0. The number of rotatable bonds is 4. The summed E-state index contributed by atoms with van der Waals surface area (Å²) in [6, 6.07) is 5.30. The summed E-state index contributed by atoms with van der Waals surface area (Å²) in [4.78, 5) is 2.94. The van der Waals surface area contributed by atoms with Gasteiger partial charge < -0.3 is 5.32 Å². The van der Waals surface area contributed by atoms with Gasteiger partial charge in [0.1, 0.15) is 0 Å². The van der Waals surface area contributed by atoms with Gasteiger partial charge in [0.25, 0.3) is 0 Å². The molecule has 0 radical (unpaired) electrons. The molecular formula is C10H15NS. The maximum Gasteiger partial charge on any atom is 0.00683 e. The minimum Gasteiger partial charge on any atom is -0.314 e. The van der Waals surface area contributed by atoms with Crippen molar-refractivity contribution < 1.29 is 0 Å². The van der Waals surface area contributed by atoms with Crippen LogP contribution in [0.15, 0.2) is 12.1 Å². The summed E-state index contributed by atoms with van der Waals surface area (Å²) in [6.45, 7) is 3.33. The van der Waals surface area contributed by atoms with Crippen molar-refractivity contribution >= 4 is 11.3 Å². The van der Waals surface area contributed by atoms with Crippen LogP contribution in [0.4, 0.5) is 0 Å². The van der Waals surface area contributed by atoms with Crippen molar-refractivity contribution in [3.63, 3.8) is 0 Å². The molecule has 1 N–H and O–H groups in total. The summed E-state index contributed by atoms with van der Waals surface area (Å²) in [5.74, 6) is 0. The zero-order chi connectivity index (χ0) is 8.39. The molecule has 0 unspecified atom stereocenters. The highest BCUT2D eigenvalue weighted by atomic mass is 32.1. The minimum absolute atomic E-state index is 0.853. The van der Waals surface area contributed by atoms with Crippen molar-refractivity contribution in [1.29, 1.82) is 0 Å². The van der Waals surface area contributed by atoms with Gasteiger partial charge in [0, 0.05) is 22.3 Å². The minimum atomic E-state index is 0.853. The van der Waals surface area contributed by atoms with Crippen molar-refractivity contribution in [2.75, 3.05) is 6.54 Å². The third-order valence-corrected chi connectivity index (χ3v) is 3.24. The van der Waals surface area contributed by atoms with Gasteiger partial charge in [-0.2, -0.15) is 0 Å². The maximum absolute atomic E-state index is 3.52. The largest absolute Gasteiger partial charge is 0.314 e. The number of aryl methyl sites for hydroxylation is 1. The first kappa shape index (κ1) is 8.27. The molecule has 1 aliphatic carbocycles. The fourth-order valence-electron chi connectivity index (χ4n) is 1.31. The molecule has 1 nitrogen and oxygen atoms in total. The van der Waals surface area contributed by atoms with Crippen LogP contribution in [0.3, 0.4) is 0 Å². The summed E-state index contributed by atoms with van der Waals surface area (Å²) in [6.07, 6.45) is 3.99. The highest BCUT2D eigenvalue weighted by Crippen LogP contribution is 2.19. The second-order valence-corrected chi connectivity index (χ2v) is 4.86. The van der Waals surface area contributed by atoms with E-state index >= 15 is 0 Å². The second kappa shape index (κ2) is 3.58. The molecule has 2 heteroatoms. The molecule has 2 rings (SSSR count). The van der Waals surface area contributed by atoms with Crippen LogP contribution in [-0.2, 0) is 6.42 Å². The number of hydrogen-bond acceptors (Lipinski definition) is 2. The SMILES string of the molecule is Cc1ccc(CCNC2CC2)s1. The van der Waals surface area contributed by atoms with Gasteiger partial charge in [0.15, 0.2) is 0 Å². The lowest BCUT2D eigenvalue weighted by Crippen LogP contribution is -2.18. The van der Waals surface area contributed by atoms with E-state index in [1.54, 1.807) is 0 Å². The topological polar surface area (TPSA) is 12.0 Å². The summed E-state index contributed by atoms with van der Waals surface area (Å²) in [5.41, 5.74) is 0. The predicted octanol–water partition coefficient (Wildman–Crippen LogP) is 2.35. The molecule has 1 aliphatic rings. The standard InChI is InChI=1S/C10H15NS/c1-8-2-5-10(12-8)6-7-11-9-3-4-9/h2,5,9,11H,3-4,6-7H2,1H3. The zero-order valence-electron chi connectivity index (χ0n) is 7.47. The first-order valence-electron chi connectivity index (χ1n) is 4.63. The quantitative estimate of drug-likeness (QED) is 0.752. The molecule has 1 fully saturated rings. The number of thiophene rings is 1. The van der Waals surface area contributed by atoms with Crippen LogP contribution in [0.1, 0.15) is 22.6 Å². The fourth-order valence-corrected chi connectivity index (χ4v) is 2.20. The second-order valence-electron chi connectivity index (χ2n) is 3.49. The van der Waals surface area contributed by atoms with Crippen LogP contribution in [-0.4, -0.2) is 12.6 Å². The van der Waals surface area contributed by atoms with E-state index in [2.05, 4.69) is 24.4 Å². The molecule has 0 amide bonds. The Balaban J connectivity index is 1.71. The molecule has 1 heterocycles. The molecule has 0 aromatic carbocycles. The van der Waals surface area contributed by atoms with Gasteiger partial charge in [0.2, 0.25) is 0 Å². The van der Waals surface area contributed by atoms with Crippen molar-refractivity contribution in [3.05, 3.63) is 21.9 Å². The Morgan fingerprint density at radius 2 is 2.33 bits per heavy atom. The van der Waals surface area contributed by atoms with Crippen LogP contribution in [0.5, 0.6) is 0 Å². The highest BCUT2D eigenvalue weighted by Gasteiger charge is 2.19. The summed E-state index contributed by atoms with van der Waals surface area (Å²) >= 11 is 1.92. The Morgan fingerprint density at radius 3 is 2.92 bits per heavy atom. The van der Waals surface area contributed by atoms with Crippen LogP contribution in [0.25, 0.3) is 0 Å². The third kappa shape index (κ3) is 2.32. The van der Waals surface area contributed by atoms with Crippen molar-refractivity contribution in [2.24, 2.45) is 0 Å². The van der Waals surface area contributed by atoms with E-state index < -0.39 is 0 Å². The number of nitrogens with one attached hydrogen (secondary N) is 1. The molecular weight excluding hydrogens is 166 g/mol. The lowest BCUT2D eigenvalue weighted by atomic mass is 10.3. The molecule has 0 saturated heterocycles.